The van der Waals surface area contributed by atoms with Crippen LogP contribution in [-0.4, -0.2) is 11.1 Å². The fourth-order valence-corrected chi connectivity index (χ4v) is 1.34. The van der Waals surface area contributed by atoms with Gasteiger partial charge in [0.15, 0.2) is 4.67 Å². The smallest absolute Gasteiger partial charge is 0.328 e. The molecule has 0 unspecified atom stereocenters. The number of carboxylic acid groups (broad SMARTS) is 1. The molecule has 14 heavy (non-hydrogen) atoms. The summed E-state index contributed by atoms with van der Waals surface area (Å²) in [6.07, 6.45) is 5.72. The molecule has 0 aliphatic rings. The van der Waals surface area contributed by atoms with Gasteiger partial charge in [-0.05, 0) is 44.0 Å². The number of carbonyl (C=O) groups is 1. The second-order valence-corrected chi connectivity index (χ2v) is 3.90. The lowest BCUT2D eigenvalue weighted by molar-refractivity contribution is -0.131. The highest BCUT2D eigenvalue weighted by molar-refractivity contribution is 9.13. The van der Waals surface area contributed by atoms with Crippen molar-refractivity contribution >= 4 is 43.9 Å². The van der Waals surface area contributed by atoms with E-state index in [9.17, 15) is 4.79 Å². The van der Waals surface area contributed by atoms with Gasteiger partial charge in [0.1, 0.15) is 5.76 Å². The van der Waals surface area contributed by atoms with E-state index in [0.29, 0.717) is 10.4 Å². The summed E-state index contributed by atoms with van der Waals surface area (Å²) in [6.45, 7) is 0. The van der Waals surface area contributed by atoms with E-state index in [1.807, 2.05) is 0 Å². The zero-order valence-corrected chi connectivity index (χ0v) is 10.1. The Hall–Kier alpha value is -0.810. The number of halogens is 2. The van der Waals surface area contributed by atoms with Gasteiger partial charge >= 0.3 is 5.97 Å². The molecule has 0 spiro atoms. The van der Waals surface area contributed by atoms with Crippen LogP contribution in [0.3, 0.4) is 0 Å². The molecule has 0 amide bonds. The summed E-state index contributed by atoms with van der Waals surface area (Å²) in [5.41, 5.74) is 0. The maximum absolute atomic E-state index is 10.1. The molecule has 0 bridgehead atoms. The average Bonchev–Trinajstić information content (AvgIpc) is 2.40. The summed E-state index contributed by atoms with van der Waals surface area (Å²) >= 11 is 6.45. The van der Waals surface area contributed by atoms with Gasteiger partial charge in [-0.2, -0.15) is 0 Å². The van der Waals surface area contributed by atoms with Crippen LogP contribution in [-0.2, 0) is 4.79 Å². The van der Waals surface area contributed by atoms with Crippen molar-refractivity contribution in [1.29, 1.82) is 0 Å². The third-order valence-corrected chi connectivity index (χ3v) is 2.98. The lowest BCUT2D eigenvalue weighted by Crippen LogP contribution is -1.84. The standard InChI is InChI=1S/C9H6Br2O3/c10-7-5-6(14-9(7)11)3-1-2-4-8(12)13/h1-5H,(H,12,13)/b3-1+,4-2+. The third-order valence-electron chi connectivity index (χ3n) is 1.27. The number of aliphatic carboxylic acids is 1. The van der Waals surface area contributed by atoms with Gasteiger partial charge in [0, 0.05) is 6.08 Å². The van der Waals surface area contributed by atoms with E-state index in [0.717, 1.165) is 10.5 Å². The fourth-order valence-electron chi connectivity index (χ4n) is 0.734. The molecule has 5 heteroatoms. The van der Waals surface area contributed by atoms with Crippen LogP contribution < -0.4 is 0 Å². The van der Waals surface area contributed by atoms with E-state index < -0.39 is 5.97 Å². The molecule has 0 aromatic carbocycles. The SMILES string of the molecule is O=C(O)/C=C/C=C/c1cc(Br)c(Br)o1. The molecule has 1 aromatic rings. The summed E-state index contributed by atoms with van der Waals surface area (Å²) in [5.74, 6) is -0.338. The number of rotatable bonds is 3. The van der Waals surface area contributed by atoms with Gasteiger partial charge in [0.05, 0.1) is 4.47 Å². The topological polar surface area (TPSA) is 50.4 Å². The van der Waals surface area contributed by atoms with Crippen molar-refractivity contribution in [2.24, 2.45) is 0 Å². The normalized spacial score (nSPS) is 11.6. The number of carboxylic acids is 1. The summed E-state index contributed by atoms with van der Waals surface area (Å²) in [5, 5.41) is 8.30. The number of allylic oxidation sites excluding steroid dienone is 2. The molecule has 1 heterocycles. The van der Waals surface area contributed by atoms with Gasteiger partial charge in [-0.3, -0.25) is 0 Å². The molecule has 0 aliphatic heterocycles. The van der Waals surface area contributed by atoms with Crippen molar-refractivity contribution in [2.45, 2.75) is 0 Å². The van der Waals surface area contributed by atoms with Gasteiger partial charge in [-0.1, -0.05) is 12.2 Å². The van der Waals surface area contributed by atoms with Crippen LogP contribution in [0.1, 0.15) is 5.76 Å². The van der Waals surface area contributed by atoms with Crippen LogP contribution in [0.4, 0.5) is 0 Å². The summed E-state index contributed by atoms with van der Waals surface area (Å²) in [7, 11) is 0. The van der Waals surface area contributed by atoms with Crippen molar-refractivity contribution in [2.75, 3.05) is 0 Å². The van der Waals surface area contributed by atoms with Crippen LogP contribution >= 0.6 is 31.9 Å². The zero-order valence-electron chi connectivity index (χ0n) is 6.91. The van der Waals surface area contributed by atoms with Gasteiger partial charge in [0.2, 0.25) is 0 Å². The first-order chi connectivity index (χ1) is 6.59. The van der Waals surface area contributed by atoms with E-state index in [2.05, 4.69) is 31.9 Å². The molecular formula is C9H6Br2O3. The fraction of sp³-hybridized carbons (Fsp3) is 0. The number of hydrogen-bond acceptors (Lipinski definition) is 2. The maximum atomic E-state index is 10.1. The third kappa shape index (κ3) is 3.51. The molecule has 3 nitrogen and oxygen atoms in total. The largest absolute Gasteiger partial charge is 0.478 e. The molecule has 0 radical (unpaired) electrons. The van der Waals surface area contributed by atoms with Crippen LogP contribution in [0.2, 0.25) is 0 Å². The minimum atomic E-state index is -0.976. The predicted molar refractivity (Wildman–Crippen MR) is 59.9 cm³/mol. The minimum Gasteiger partial charge on any atom is -0.478 e. The summed E-state index contributed by atoms with van der Waals surface area (Å²) < 4.78 is 6.65. The Bertz CT molecular complexity index is 371. The quantitative estimate of drug-likeness (QED) is 0.685. The Morgan fingerprint density at radius 1 is 1.43 bits per heavy atom. The Morgan fingerprint density at radius 2 is 2.14 bits per heavy atom. The van der Waals surface area contributed by atoms with Crippen molar-refractivity contribution in [3.63, 3.8) is 0 Å². The Kier molecular flexibility index (Phi) is 4.16. The second kappa shape index (κ2) is 5.17. The van der Waals surface area contributed by atoms with E-state index in [1.54, 1.807) is 18.2 Å². The Morgan fingerprint density at radius 3 is 2.64 bits per heavy atom. The van der Waals surface area contributed by atoms with Crippen LogP contribution in [0.5, 0.6) is 0 Å². The molecule has 0 saturated heterocycles. The molecule has 1 N–H and O–H groups in total. The Balaban J connectivity index is 2.65. The predicted octanol–water partition coefficient (Wildman–Crippen LogP) is 3.46. The van der Waals surface area contributed by atoms with E-state index in [4.69, 9.17) is 9.52 Å². The van der Waals surface area contributed by atoms with Gasteiger partial charge in [-0.15, -0.1) is 0 Å². The lowest BCUT2D eigenvalue weighted by Gasteiger charge is -1.81. The van der Waals surface area contributed by atoms with E-state index in [-0.39, 0.29) is 0 Å². The minimum absolute atomic E-state index is 0.611. The first-order valence-corrected chi connectivity index (χ1v) is 5.20. The second-order valence-electron chi connectivity index (χ2n) is 2.33. The monoisotopic (exact) mass is 320 g/mol. The highest BCUT2D eigenvalue weighted by atomic mass is 79.9. The van der Waals surface area contributed by atoms with Crippen LogP contribution in [0, 0.1) is 0 Å². The van der Waals surface area contributed by atoms with Crippen LogP contribution in [0.25, 0.3) is 6.08 Å². The van der Waals surface area contributed by atoms with Crippen molar-refractivity contribution < 1.29 is 14.3 Å². The van der Waals surface area contributed by atoms with Crippen molar-refractivity contribution in [3.8, 4) is 0 Å². The van der Waals surface area contributed by atoms with Crippen molar-refractivity contribution in [3.05, 3.63) is 39.2 Å². The first kappa shape index (κ1) is 11.3. The first-order valence-electron chi connectivity index (χ1n) is 3.62. The molecule has 74 valence electrons. The zero-order chi connectivity index (χ0) is 10.6. The molecule has 1 aromatic heterocycles. The highest BCUT2D eigenvalue weighted by Gasteiger charge is 2.01. The maximum Gasteiger partial charge on any atom is 0.328 e. The summed E-state index contributed by atoms with van der Waals surface area (Å²) in [4.78, 5) is 10.1. The highest BCUT2D eigenvalue weighted by Crippen LogP contribution is 2.27. The molecule has 0 fully saturated rings. The average molecular weight is 322 g/mol. The molecular weight excluding hydrogens is 316 g/mol. The van der Waals surface area contributed by atoms with Gasteiger partial charge in [0.25, 0.3) is 0 Å². The van der Waals surface area contributed by atoms with E-state index in [1.165, 1.54) is 6.08 Å². The lowest BCUT2D eigenvalue weighted by atomic mass is 10.4. The molecule has 1 rings (SSSR count). The molecule has 0 aliphatic carbocycles. The summed E-state index contributed by atoms with van der Waals surface area (Å²) in [6, 6.07) is 1.77. The Labute approximate surface area is 97.4 Å². The molecule has 0 saturated carbocycles. The van der Waals surface area contributed by atoms with Gasteiger partial charge in [-0.25, -0.2) is 4.79 Å². The number of furan rings is 1. The molecule has 0 atom stereocenters. The number of hydrogen-bond donors (Lipinski definition) is 1. The van der Waals surface area contributed by atoms with E-state index >= 15 is 0 Å². The van der Waals surface area contributed by atoms with Gasteiger partial charge < -0.3 is 9.52 Å². The van der Waals surface area contributed by atoms with Crippen LogP contribution in [0.15, 0.2) is 37.9 Å². The van der Waals surface area contributed by atoms with Crippen molar-refractivity contribution in [1.82, 2.24) is 0 Å².